The van der Waals surface area contributed by atoms with E-state index in [1.54, 1.807) is 31.2 Å². The zero-order valence-electron chi connectivity index (χ0n) is 16.8. The summed E-state index contributed by atoms with van der Waals surface area (Å²) in [4.78, 5) is 29.0. The smallest absolute Gasteiger partial charge is 0.257 e. The molecule has 0 saturated carbocycles. The highest BCUT2D eigenvalue weighted by molar-refractivity contribution is 6.02. The summed E-state index contributed by atoms with van der Waals surface area (Å²) >= 11 is 0. The highest BCUT2D eigenvalue weighted by Crippen LogP contribution is 2.41. The number of ether oxygens (including phenoxy) is 3. The predicted octanol–water partition coefficient (Wildman–Crippen LogP) is 2.41. The van der Waals surface area contributed by atoms with E-state index >= 15 is 0 Å². The summed E-state index contributed by atoms with van der Waals surface area (Å²) in [7, 11) is 4.52. The predicted molar refractivity (Wildman–Crippen MR) is 105 cm³/mol. The minimum atomic E-state index is -1.33. The Hall–Kier alpha value is -3.39. The van der Waals surface area contributed by atoms with Gasteiger partial charge in [-0.15, -0.1) is 0 Å². The third kappa shape index (κ3) is 3.54. The summed E-state index contributed by atoms with van der Waals surface area (Å²) in [6.45, 7) is 2.91. The average molecular weight is 398 g/mol. The van der Waals surface area contributed by atoms with Crippen LogP contribution in [0.1, 0.15) is 36.0 Å². The second-order valence-electron chi connectivity index (χ2n) is 6.49. The summed E-state index contributed by atoms with van der Waals surface area (Å²) in [6, 6.07) is 6.65. The van der Waals surface area contributed by atoms with E-state index < -0.39 is 12.0 Å². The number of aromatic nitrogens is 1. The third-order valence-corrected chi connectivity index (χ3v) is 4.75. The lowest BCUT2D eigenvalue weighted by Crippen LogP contribution is -2.22. The van der Waals surface area contributed by atoms with Crippen LogP contribution in [-0.4, -0.2) is 43.1 Å². The molecule has 8 nitrogen and oxygen atoms in total. The molecule has 29 heavy (non-hydrogen) atoms. The molecule has 0 radical (unpaired) electrons. The Kier molecular flexibility index (Phi) is 5.56. The van der Waals surface area contributed by atoms with Gasteiger partial charge in [0.2, 0.25) is 5.75 Å². The van der Waals surface area contributed by atoms with Crippen LogP contribution in [0.2, 0.25) is 0 Å². The van der Waals surface area contributed by atoms with Crippen LogP contribution in [0.5, 0.6) is 17.2 Å². The summed E-state index contributed by atoms with van der Waals surface area (Å²) in [5.74, 6) is 0.541. The number of hydrogen-bond acceptors (Lipinski definition) is 7. The molecule has 1 aliphatic heterocycles. The number of fused-ring (bicyclic) bond motifs is 1. The number of nitrogens with zero attached hydrogens (tertiary/aromatic N) is 1. The zero-order chi connectivity index (χ0) is 21.3. The van der Waals surface area contributed by atoms with Crippen molar-refractivity contribution in [2.45, 2.75) is 20.0 Å². The van der Waals surface area contributed by atoms with E-state index in [0.29, 0.717) is 34.2 Å². The van der Waals surface area contributed by atoms with Gasteiger partial charge in [-0.1, -0.05) is 0 Å². The molecule has 1 amide bonds. The maximum absolute atomic E-state index is 12.5. The number of methoxy groups -OCH3 is 3. The number of carbonyl (C=O) groups excluding carboxylic acids is 2. The van der Waals surface area contributed by atoms with Gasteiger partial charge in [0.1, 0.15) is 6.10 Å². The molecule has 2 N–H and O–H groups in total. The highest BCUT2D eigenvalue weighted by atomic mass is 16.5. The third-order valence-electron chi connectivity index (χ3n) is 4.75. The molecule has 0 fully saturated rings. The second kappa shape index (κ2) is 7.92. The van der Waals surface area contributed by atoms with Crippen LogP contribution in [0.25, 0.3) is 11.3 Å². The number of nitrogens with one attached hydrogen (secondary N) is 1. The molecular weight excluding hydrogens is 376 g/mol. The lowest BCUT2D eigenvalue weighted by Gasteiger charge is -2.16. The lowest BCUT2D eigenvalue weighted by atomic mass is 9.98. The molecule has 1 aliphatic rings. The first-order valence-corrected chi connectivity index (χ1v) is 8.84. The summed E-state index contributed by atoms with van der Waals surface area (Å²) in [5, 5.41) is 13.4. The van der Waals surface area contributed by atoms with E-state index in [4.69, 9.17) is 14.2 Å². The number of aliphatic hydroxyl groups is 1. The number of aliphatic hydroxyl groups excluding tert-OH is 1. The Morgan fingerprint density at radius 2 is 1.72 bits per heavy atom. The van der Waals surface area contributed by atoms with Gasteiger partial charge in [-0.05, 0) is 38.1 Å². The van der Waals surface area contributed by atoms with Crippen molar-refractivity contribution in [3.8, 4) is 28.5 Å². The van der Waals surface area contributed by atoms with Gasteiger partial charge in [0, 0.05) is 16.8 Å². The first kappa shape index (κ1) is 20.3. The van der Waals surface area contributed by atoms with Crippen molar-refractivity contribution < 1.29 is 28.9 Å². The molecule has 0 bridgehead atoms. The minimum absolute atomic E-state index is 0.103. The Balaban J connectivity index is 2.19. The van der Waals surface area contributed by atoms with Gasteiger partial charge in [-0.3, -0.25) is 9.59 Å². The summed E-state index contributed by atoms with van der Waals surface area (Å²) in [6.07, 6.45) is -1.33. The van der Waals surface area contributed by atoms with E-state index in [1.165, 1.54) is 28.3 Å². The van der Waals surface area contributed by atoms with Gasteiger partial charge in [0.15, 0.2) is 17.3 Å². The van der Waals surface area contributed by atoms with Crippen molar-refractivity contribution in [1.29, 1.82) is 0 Å². The second-order valence-corrected chi connectivity index (χ2v) is 6.49. The molecule has 2 aromatic rings. The van der Waals surface area contributed by atoms with Crippen LogP contribution in [0.3, 0.4) is 0 Å². The Morgan fingerprint density at radius 3 is 2.24 bits per heavy atom. The molecule has 3 rings (SSSR count). The number of amides is 1. The lowest BCUT2D eigenvalue weighted by molar-refractivity contribution is -0.114. The molecule has 0 saturated heterocycles. The molecule has 1 unspecified atom stereocenters. The largest absolute Gasteiger partial charge is 0.493 e. The van der Waals surface area contributed by atoms with Gasteiger partial charge >= 0.3 is 0 Å². The van der Waals surface area contributed by atoms with Crippen molar-refractivity contribution in [2.75, 3.05) is 21.3 Å². The number of pyridine rings is 1. The first-order chi connectivity index (χ1) is 13.8. The molecule has 0 spiro atoms. The topological polar surface area (TPSA) is 107 Å². The SMILES string of the molecule is COc1cc(-c2ccc3c(n2)C(O)C(C(C)=O)=C(C)NC3=O)cc(OC)c1OC. The molecule has 2 heterocycles. The number of ketones is 1. The van der Waals surface area contributed by atoms with E-state index in [1.807, 2.05) is 0 Å². The summed E-state index contributed by atoms with van der Waals surface area (Å²) < 4.78 is 16.1. The Labute approximate surface area is 168 Å². The standard InChI is InChI=1S/C21H22N2O6/c1-10-17(11(2)24)19(25)18-13(21(26)22-10)6-7-14(23-18)12-8-15(27-3)20(29-5)16(9-12)28-4/h6-9,19,25H,1-5H3,(H,22,26). The van der Waals surface area contributed by atoms with Crippen molar-refractivity contribution >= 4 is 11.7 Å². The molecule has 1 aromatic carbocycles. The molecule has 152 valence electrons. The van der Waals surface area contributed by atoms with Crippen LogP contribution >= 0.6 is 0 Å². The molecular formula is C21H22N2O6. The number of benzene rings is 1. The molecule has 8 heteroatoms. The van der Waals surface area contributed by atoms with Crippen molar-refractivity contribution in [3.63, 3.8) is 0 Å². The van der Waals surface area contributed by atoms with Crippen molar-refractivity contribution in [2.24, 2.45) is 0 Å². The molecule has 1 aromatic heterocycles. The first-order valence-electron chi connectivity index (χ1n) is 8.84. The fourth-order valence-electron chi connectivity index (χ4n) is 3.37. The highest BCUT2D eigenvalue weighted by Gasteiger charge is 2.31. The fourth-order valence-corrected chi connectivity index (χ4v) is 3.37. The average Bonchev–Trinajstić information content (AvgIpc) is 2.80. The van der Waals surface area contributed by atoms with Crippen LogP contribution in [0, 0.1) is 0 Å². The number of hydrogen-bond donors (Lipinski definition) is 2. The fraction of sp³-hybridized carbons (Fsp3) is 0.286. The van der Waals surface area contributed by atoms with E-state index in [-0.39, 0.29) is 22.6 Å². The number of allylic oxidation sites excluding steroid dienone is 1. The van der Waals surface area contributed by atoms with Crippen molar-refractivity contribution in [3.05, 3.63) is 46.8 Å². The minimum Gasteiger partial charge on any atom is -0.493 e. The van der Waals surface area contributed by atoms with Gasteiger partial charge in [-0.25, -0.2) is 4.98 Å². The van der Waals surface area contributed by atoms with Crippen LogP contribution in [0.15, 0.2) is 35.5 Å². The van der Waals surface area contributed by atoms with Gasteiger partial charge in [-0.2, -0.15) is 0 Å². The van der Waals surface area contributed by atoms with Gasteiger partial charge < -0.3 is 24.6 Å². The normalized spacial score (nSPS) is 15.9. The number of rotatable bonds is 5. The quantitative estimate of drug-likeness (QED) is 0.796. The monoisotopic (exact) mass is 398 g/mol. The molecule has 0 aliphatic carbocycles. The van der Waals surface area contributed by atoms with Gasteiger partial charge in [0.25, 0.3) is 5.91 Å². The van der Waals surface area contributed by atoms with Crippen LogP contribution in [-0.2, 0) is 4.79 Å². The Morgan fingerprint density at radius 1 is 1.10 bits per heavy atom. The Bertz CT molecular complexity index is 1000. The maximum atomic E-state index is 12.5. The van der Waals surface area contributed by atoms with Crippen molar-refractivity contribution in [1.82, 2.24) is 10.3 Å². The van der Waals surface area contributed by atoms with Crippen LogP contribution < -0.4 is 19.5 Å². The van der Waals surface area contributed by atoms with E-state index in [2.05, 4.69) is 10.3 Å². The van der Waals surface area contributed by atoms with E-state index in [0.717, 1.165) is 0 Å². The summed E-state index contributed by atoms with van der Waals surface area (Å²) in [5.41, 5.74) is 1.82. The zero-order valence-corrected chi connectivity index (χ0v) is 16.8. The maximum Gasteiger partial charge on any atom is 0.257 e. The number of Topliss-reactive ketones (excluding diaryl/α,β-unsaturated/α-hetero) is 1. The van der Waals surface area contributed by atoms with E-state index in [9.17, 15) is 14.7 Å². The van der Waals surface area contributed by atoms with Gasteiger partial charge in [0.05, 0.1) is 38.3 Å². The van der Waals surface area contributed by atoms with Crippen LogP contribution in [0.4, 0.5) is 0 Å². The number of carbonyl (C=O) groups is 2. The molecule has 1 atom stereocenters.